The minimum atomic E-state index is -0.967. The van der Waals surface area contributed by atoms with Crippen molar-refractivity contribution in [2.75, 3.05) is 35.9 Å². The maximum atomic E-state index is 11.1. The Kier molecular flexibility index (Phi) is 7.67. The molecule has 0 aliphatic carbocycles. The number of aromatic nitrogens is 1. The number of anilines is 2. The number of hydrogen-bond donors (Lipinski definition) is 4. The summed E-state index contributed by atoms with van der Waals surface area (Å²) in [6.07, 6.45) is 3.90. The number of carboxylic acid groups (broad SMARTS) is 2. The number of nitrogens with zero attached hydrogens (tertiary/aromatic N) is 4. The van der Waals surface area contributed by atoms with E-state index in [9.17, 15) is 9.59 Å². The third-order valence-electron chi connectivity index (χ3n) is 4.87. The van der Waals surface area contributed by atoms with Crippen LogP contribution in [0.3, 0.4) is 0 Å². The molecule has 0 amide bonds. The van der Waals surface area contributed by atoms with E-state index < -0.39 is 11.9 Å². The fraction of sp³-hybridized carbons (Fsp3) is 0.136. The highest BCUT2D eigenvalue weighted by atomic mass is 35.5. The molecule has 0 atom stereocenters. The number of rotatable bonds is 7. The van der Waals surface area contributed by atoms with Gasteiger partial charge in [0, 0.05) is 23.5 Å². The van der Waals surface area contributed by atoms with E-state index in [0.717, 1.165) is 11.4 Å². The fourth-order valence-electron chi connectivity index (χ4n) is 3.34. The van der Waals surface area contributed by atoms with Crippen molar-refractivity contribution in [3.05, 3.63) is 90.3 Å². The molecule has 0 spiro atoms. The van der Waals surface area contributed by atoms with E-state index in [1.54, 1.807) is 48.5 Å². The van der Waals surface area contributed by atoms with E-state index in [2.05, 4.69) is 15.9 Å². The molecule has 2 heterocycles. The van der Waals surface area contributed by atoms with Gasteiger partial charge in [-0.1, -0.05) is 10.7 Å². The molecule has 1 aliphatic rings. The molecule has 11 heteroatoms. The molecule has 1 saturated heterocycles. The summed E-state index contributed by atoms with van der Waals surface area (Å²) in [6, 6.07) is 18.9. The molecule has 3 aromatic rings. The highest BCUT2D eigenvalue weighted by molar-refractivity contribution is 5.88. The van der Waals surface area contributed by atoms with Crippen LogP contribution in [0.25, 0.3) is 0 Å². The molecule has 0 radical (unpaired) electrons. The van der Waals surface area contributed by atoms with Gasteiger partial charge in [-0.25, -0.2) is 9.59 Å². The van der Waals surface area contributed by atoms with E-state index in [1.807, 2.05) is 45.3 Å². The molecule has 1 aliphatic heterocycles. The molecule has 2 aromatic carbocycles. The topological polar surface area (TPSA) is 112 Å². The van der Waals surface area contributed by atoms with Gasteiger partial charge in [-0.3, -0.25) is 0 Å². The number of hydrogen-bond acceptors (Lipinski definition) is 7. The zero-order valence-electron chi connectivity index (χ0n) is 17.5. The van der Waals surface area contributed by atoms with Crippen LogP contribution in [-0.2, 0) is 0 Å². The zero-order valence-corrected chi connectivity index (χ0v) is 18.3. The number of carboxylic acids is 2. The van der Waals surface area contributed by atoms with Gasteiger partial charge in [-0.05, 0) is 48.5 Å². The van der Waals surface area contributed by atoms with Gasteiger partial charge in [0.2, 0.25) is 0 Å². The number of benzene rings is 2. The van der Waals surface area contributed by atoms with Crippen LogP contribution in [0.4, 0.5) is 11.4 Å². The number of carbonyl (C=O) groups is 2. The molecule has 0 bridgehead atoms. The van der Waals surface area contributed by atoms with Crippen LogP contribution >= 0.6 is 0 Å². The first kappa shape index (κ1) is 23.8. The van der Waals surface area contributed by atoms with Crippen LogP contribution in [-0.4, -0.2) is 52.2 Å². The Labute approximate surface area is 196 Å². The smallest absolute Gasteiger partial charge is 0.335 e. The van der Waals surface area contributed by atoms with E-state index in [-0.39, 0.29) is 23.5 Å². The number of pyridine rings is 1. The van der Waals surface area contributed by atoms with Crippen molar-refractivity contribution in [3.63, 3.8) is 0 Å². The van der Waals surface area contributed by atoms with Gasteiger partial charge in [0.25, 0.3) is 0 Å². The standard InChI is InChI=1S/C22H22N6O4.ClH/c29-21(30)17-4-8-19(9-5-17)23-25-14-26(16-28(15-25)27-12-2-1-3-13-27)24-20-10-6-18(7-11-20)22(31)32;/h1-13,23-24H,14-16H2,(H-,29,30,31,32);1H. The lowest BCUT2D eigenvalue weighted by Gasteiger charge is -2.39. The molecule has 0 saturated carbocycles. The second-order valence-corrected chi connectivity index (χ2v) is 7.25. The second kappa shape index (κ2) is 10.6. The van der Waals surface area contributed by atoms with E-state index in [0.29, 0.717) is 20.0 Å². The summed E-state index contributed by atoms with van der Waals surface area (Å²) < 4.78 is 1.98. The van der Waals surface area contributed by atoms with Gasteiger partial charge in [-0.2, -0.15) is 10.0 Å². The van der Waals surface area contributed by atoms with Crippen LogP contribution in [0, 0.1) is 0 Å². The summed E-state index contributed by atoms with van der Waals surface area (Å²) in [5.41, 5.74) is 8.61. The number of aromatic carboxylic acids is 2. The third kappa shape index (κ3) is 6.10. The first-order chi connectivity index (χ1) is 15.5. The largest absolute Gasteiger partial charge is 1.00 e. The number of hydrazine groups is 2. The SMILES string of the molecule is O=C(O)c1ccc(NN2CN(Nc3ccc(C(=O)O)cc3)CN([n+]3ccccc3)C2)cc1.[Cl-]. The summed E-state index contributed by atoms with van der Waals surface area (Å²) in [6.45, 7) is 1.63. The lowest BCUT2D eigenvalue weighted by atomic mass is 10.2. The Morgan fingerprint density at radius 2 is 1.12 bits per heavy atom. The first-order valence-corrected chi connectivity index (χ1v) is 9.89. The fourth-order valence-corrected chi connectivity index (χ4v) is 3.34. The van der Waals surface area contributed by atoms with Gasteiger partial charge >= 0.3 is 11.9 Å². The van der Waals surface area contributed by atoms with Crippen LogP contribution < -0.4 is 32.9 Å². The Morgan fingerprint density at radius 3 is 1.52 bits per heavy atom. The zero-order chi connectivity index (χ0) is 22.5. The predicted molar refractivity (Wildman–Crippen MR) is 117 cm³/mol. The Hall–Kier alpha value is -3.86. The lowest BCUT2D eigenvalue weighted by Crippen LogP contribution is -3.00. The van der Waals surface area contributed by atoms with Crippen molar-refractivity contribution < 1.29 is 36.9 Å². The van der Waals surface area contributed by atoms with Crippen molar-refractivity contribution in [1.29, 1.82) is 0 Å². The Morgan fingerprint density at radius 1 is 0.697 bits per heavy atom. The highest BCUT2D eigenvalue weighted by Gasteiger charge is 2.28. The van der Waals surface area contributed by atoms with Gasteiger partial charge < -0.3 is 33.5 Å². The molecular weight excluding hydrogens is 448 g/mol. The minimum absolute atomic E-state index is 0. The quantitative estimate of drug-likeness (QED) is 0.318. The maximum Gasteiger partial charge on any atom is 0.335 e. The Bertz CT molecular complexity index is 1010. The van der Waals surface area contributed by atoms with Gasteiger partial charge in [0.05, 0.1) is 17.8 Å². The summed E-state index contributed by atoms with van der Waals surface area (Å²) in [5, 5.41) is 24.2. The van der Waals surface area contributed by atoms with Gasteiger partial charge in [0.15, 0.2) is 12.4 Å². The van der Waals surface area contributed by atoms with Crippen molar-refractivity contribution >= 4 is 23.3 Å². The summed E-state index contributed by atoms with van der Waals surface area (Å²) in [7, 11) is 0. The molecule has 172 valence electrons. The summed E-state index contributed by atoms with van der Waals surface area (Å²) >= 11 is 0. The average Bonchev–Trinajstić information content (AvgIpc) is 2.80. The van der Waals surface area contributed by atoms with Gasteiger partial charge in [0.1, 0.15) is 13.3 Å². The van der Waals surface area contributed by atoms with Crippen LogP contribution in [0.5, 0.6) is 0 Å². The molecule has 33 heavy (non-hydrogen) atoms. The number of nitrogens with one attached hydrogen (secondary N) is 2. The molecule has 4 rings (SSSR count). The highest BCUT2D eigenvalue weighted by Crippen LogP contribution is 2.15. The first-order valence-electron chi connectivity index (χ1n) is 9.89. The normalized spacial score (nSPS) is 14.2. The average molecular weight is 471 g/mol. The predicted octanol–water partition coefficient (Wildman–Crippen LogP) is -1.14. The third-order valence-corrected chi connectivity index (χ3v) is 4.87. The molecule has 1 fully saturated rings. The number of halogens is 1. The van der Waals surface area contributed by atoms with E-state index >= 15 is 0 Å². The van der Waals surface area contributed by atoms with Crippen molar-refractivity contribution in [3.8, 4) is 0 Å². The van der Waals surface area contributed by atoms with E-state index in [4.69, 9.17) is 10.2 Å². The van der Waals surface area contributed by atoms with Crippen molar-refractivity contribution in [1.82, 2.24) is 10.0 Å². The molecule has 4 N–H and O–H groups in total. The molecule has 1 aromatic heterocycles. The minimum Gasteiger partial charge on any atom is -1.00 e. The van der Waals surface area contributed by atoms with Crippen LogP contribution in [0.1, 0.15) is 20.7 Å². The molecule has 0 unspecified atom stereocenters. The van der Waals surface area contributed by atoms with Gasteiger partial charge in [-0.15, -0.1) is 5.01 Å². The van der Waals surface area contributed by atoms with Crippen molar-refractivity contribution in [2.24, 2.45) is 0 Å². The second-order valence-electron chi connectivity index (χ2n) is 7.25. The maximum absolute atomic E-state index is 11.1. The van der Waals surface area contributed by atoms with E-state index in [1.165, 1.54) is 0 Å². The Balaban J connectivity index is 0.00000306. The monoisotopic (exact) mass is 470 g/mol. The van der Waals surface area contributed by atoms with Crippen molar-refractivity contribution in [2.45, 2.75) is 0 Å². The summed E-state index contributed by atoms with van der Waals surface area (Å²) in [5.74, 6) is -1.93. The molecule has 10 nitrogen and oxygen atoms in total. The van der Waals surface area contributed by atoms with Crippen LogP contribution in [0.15, 0.2) is 79.1 Å². The van der Waals surface area contributed by atoms with Crippen LogP contribution in [0.2, 0.25) is 0 Å². The summed E-state index contributed by atoms with van der Waals surface area (Å²) in [4.78, 5) is 22.2. The molecular formula is C22H23ClN6O4. The lowest BCUT2D eigenvalue weighted by molar-refractivity contribution is -0.699.